The van der Waals surface area contributed by atoms with E-state index in [0.717, 1.165) is 18.6 Å². The van der Waals surface area contributed by atoms with Crippen molar-refractivity contribution in [3.8, 4) is 5.75 Å². The van der Waals surface area contributed by atoms with Crippen molar-refractivity contribution in [2.75, 3.05) is 13.7 Å². The Bertz CT molecular complexity index is 307. The van der Waals surface area contributed by atoms with Crippen molar-refractivity contribution >= 4 is 0 Å². The third-order valence-electron chi connectivity index (χ3n) is 2.80. The number of methoxy groups -OCH3 is 1. The Morgan fingerprint density at radius 1 is 1.40 bits per heavy atom. The van der Waals surface area contributed by atoms with Crippen LogP contribution in [0.1, 0.15) is 36.8 Å². The van der Waals surface area contributed by atoms with E-state index in [1.807, 2.05) is 12.1 Å². The van der Waals surface area contributed by atoms with Gasteiger partial charge in [0.15, 0.2) is 0 Å². The molecule has 0 aliphatic carbocycles. The summed E-state index contributed by atoms with van der Waals surface area (Å²) in [6, 6.07) is 6.21. The number of aliphatic hydroxyl groups is 1. The van der Waals surface area contributed by atoms with Gasteiger partial charge in [0.1, 0.15) is 5.75 Å². The lowest BCUT2D eigenvalue weighted by Gasteiger charge is -2.18. The third-order valence-corrected chi connectivity index (χ3v) is 2.80. The first-order chi connectivity index (χ1) is 7.22. The molecule has 0 heterocycles. The van der Waals surface area contributed by atoms with Crippen molar-refractivity contribution in [1.82, 2.24) is 0 Å². The van der Waals surface area contributed by atoms with Crippen LogP contribution in [-0.2, 0) is 0 Å². The van der Waals surface area contributed by atoms with Gasteiger partial charge in [0.05, 0.1) is 7.11 Å². The minimum atomic E-state index is 0.232. The highest BCUT2D eigenvalue weighted by Crippen LogP contribution is 2.31. The zero-order valence-electron chi connectivity index (χ0n) is 9.79. The van der Waals surface area contributed by atoms with Crippen molar-refractivity contribution in [1.29, 1.82) is 0 Å². The maximum Gasteiger partial charge on any atom is 0.122 e. The van der Waals surface area contributed by atoms with Crippen molar-refractivity contribution < 1.29 is 9.84 Å². The average Bonchev–Trinajstić information content (AvgIpc) is 2.26. The van der Waals surface area contributed by atoms with Gasteiger partial charge in [0, 0.05) is 6.61 Å². The van der Waals surface area contributed by atoms with Gasteiger partial charge in [-0.2, -0.15) is 0 Å². The molecule has 1 aromatic rings. The number of rotatable bonds is 5. The van der Waals surface area contributed by atoms with Crippen molar-refractivity contribution in [2.24, 2.45) is 0 Å². The summed E-state index contributed by atoms with van der Waals surface area (Å²) < 4.78 is 5.35. The summed E-state index contributed by atoms with van der Waals surface area (Å²) in [5.74, 6) is 1.32. The Balaban J connectivity index is 3.02. The van der Waals surface area contributed by atoms with Crippen LogP contribution in [0, 0.1) is 6.92 Å². The third kappa shape index (κ3) is 2.96. The topological polar surface area (TPSA) is 29.5 Å². The quantitative estimate of drug-likeness (QED) is 0.806. The minimum absolute atomic E-state index is 0.232. The van der Waals surface area contributed by atoms with Crippen LogP contribution in [0.4, 0.5) is 0 Å². The van der Waals surface area contributed by atoms with Gasteiger partial charge in [0.25, 0.3) is 0 Å². The van der Waals surface area contributed by atoms with Gasteiger partial charge in [-0.25, -0.2) is 0 Å². The molecule has 1 N–H and O–H groups in total. The molecule has 1 unspecified atom stereocenters. The summed E-state index contributed by atoms with van der Waals surface area (Å²) in [4.78, 5) is 0. The summed E-state index contributed by atoms with van der Waals surface area (Å²) in [7, 11) is 1.69. The van der Waals surface area contributed by atoms with Gasteiger partial charge >= 0.3 is 0 Å². The molecule has 0 amide bonds. The van der Waals surface area contributed by atoms with Gasteiger partial charge in [0.2, 0.25) is 0 Å². The van der Waals surface area contributed by atoms with Crippen LogP contribution in [-0.4, -0.2) is 18.8 Å². The van der Waals surface area contributed by atoms with Crippen LogP contribution >= 0.6 is 0 Å². The number of benzene rings is 1. The summed E-state index contributed by atoms with van der Waals surface area (Å²) in [6.07, 6.45) is 1.83. The molecule has 1 aromatic carbocycles. The molecule has 2 heteroatoms. The van der Waals surface area contributed by atoms with E-state index < -0.39 is 0 Å². The number of hydrogen-bond acceptors (Lipinski definition) is 2. The Labute approximate surface area is 91.9 Å². The normalized spacial score (nSPS) is 12.5. The van der Waals surface area contributed by atoms with Gasteiger partial charge in [-0.1, -0.05) is 24.6 Å². The largest absolute Gasteiger partial charge is 0.496 e. The first-order valence-electron chi connectivity index (χ1n) is 5.48. The first kappa shape index (κ1) is 12.1. The molecule has 0 saturated heterocycles. The SMILES string of the molecule is CCC(CCO)c1cc(C)ccc1OC. The molecule has 0 spiro atoms. The molecule has 0 aliphatic heterocycles. The lowest BCUT2D eigenvalue weighted by Crippen LogP contribution is -2.03. The van der Waals surface area contributed by atoms with Gasteiger partial charge < -0.3 is 9.84 Å². The van der Waals surface area contributed by atoms with Gasteiger partial charge in [-0.3, -0.25) is 0 Å². The fraction of sp³-hybridized carbons (Fsp3) is 0.538. The lowest BCUT2D eigenvalue weighted by atomic mass is 9.91. The van der Waals surface area contributed by atoms with Crippen LogP contribution < -0.4 is 4.74 Å². The summed E-state index contributed by atoms with van der Waals surface area (Å²) in [5.41, 5.74) is 2.45. The van der Waals surface area contributed by atoms with Crippen molar-refractivity contribution in [3.63, 3.8) is 0 Å². The monoisotopic (exact) mass is 208 g/mol. The fourth-order valence-corrected chi connectivity index (χ4v) is 1.91. The second-order valence-electron chi connectivity index (χ2n) is 3.86. The van der Waals surface area contributed by atoms with E-state index in [9.17, 15) is 0 Å². The molecule has 0 bridgehead atoms. The zero-order valence-corrected chi connectivity index (χ0v) is 9.79. The molecule has 0 radical (unpaired) electrons. The van der Waals surface area contributed by atoms with E-state index >= 15 is 0 Å². The number of aryl methyl sites for hydroxylation is 1. The Morgan fingerprint density at radius 2 is 2.13 bits per heavy atom. The van der Waals surface area contributed by atoms with E-state index in [0.29, 0.717) is 5.92 Å². The molecule has 84 valence electrons. The van der Waals surface area contributed by atoms with Gasteiger partial charge in [-0.05, 0) is 37.3 Å². The van der Waals surface area contributed by atoms with Crippen LogP contribution in [0.15, 0.2) is 18.2 Å². The first-order valence-corrected chi connectivity index (χ1v) is 5.48. The smallest absolute Gasteiger partial charge is 0.122 e. The molecular weight excluding hydrogens is 188 g/mol. The Hall–Kier alpha value is -1.02. The lowest BCUT2D eigenvalue weighted by molar-refractivity contribution is 0.272. The van der Waals surface area contributed by atoms with E-state index in [1.165, 1.54) is 11.1 Å². The number of hydrogen-bond donors (Lipinski definition) is 1. The number of aliphatic hydroxyl groups excluding tert-OH is 1. The molecule has 0 fully saturated rings. The molecule has 0 aliphatic rings. The molecule has 0 aromatic heterocycles. The summed E-state index contributed by atoms with van der Waals surface area (Å²) in [6.45, 7) is 4.45. The Morgan fingerprint density at radius 3 is 2.67 bits per heavy atom. The van der Waals surface area contributed by atoms with Crippen LogP contribution in [0.2, 0.25) is 0 Å². The van der Waals surface area contributed by atoms with E-state index in [2.05, 4.69) is 19.9 Å². The Kier molecular flexibility index (Phi) is 4.63. The predicted molar refractivity (Wildman–Crippen MR) is 62.5 cm³/mol. The standard InChI is InChI=1S/C13H20O2/c1-4-11(7-8-14)12-9-10(2)5-6-13(12)15-3/h5-6,9,11,14H,4,7-8H2,1-3H3. The minimum Gasteiger partial charge on any atom is -0.496 e. The van der Waals surface area contributed by atoms with Crippen LogP contribution in [0.25, 0.3) is 0 Å². The second-order valence-corrected chi connectivity index (χ2v) is 3.86. The maximum absolute atomic E-state index is 9.02. The highest BCUT2D eigenvalue weighted by atomic mass is 16.5. The second kappa shape index (κ2) is 5.76. The summed E-state index contributed by atoms with van der Waals surface area (Å²) in [5, 5.41) is 9.02. The van der Waals surface area contributed by atoms with E-state index in [-0.39, 0.29) is 6.61 Å². The summed E-state index contributed by atoms with van der Waals surface area (Å²) >= 11 is 0. The molecule has 15 heavy (non-hydrogen) atoms. The maximum atomic E-state index is 9.02. The molecule has 2 nitrogen and oxygen atoms in total. The molecule has 0 saturated carbocycles. The highest BCUT2D eigenvalue weighted by molar-refractivity contribution is 5.39. The predicted octanol–water partition coefficient (Wildman–Crippen LogP) is 2.88. The molecule has 1 rings (SSSR count). The fourth-order valence-electron chi connectivity index (χ4n) is 1.91. The number of ether oxygens (including phenoxy) is 1. The van der Waals surface area contributed by atoms with Crippen LogP contribution in [0.5, 0.6) is 5.75 Å². The average molecular weight is 208 g/mol. The van der Waals surface area contributed by atoms with Gasteiger partial charge in [-0.15, -0.1) is 0 Å². The zero-order chi connectivity index (χ0) is 11.3. The highest BCUT2D eigenvalue weighted by Gasteiger charge is 2.13. The van der Waals surface area contributed by atoms with E-state index in [1.54, 1.807) is 7.11 Å². The van der Waals surface area contributed by atoms with Crippen molar-refractivity contribution in [2.45, 2.75) is 32.6 Å². The molecule has 1 atom stereocenters. The van der Waals surface area contributed by atoms with E-state index in [4.69, 9.17) is 9.84 Å². The van der Waals surface area contributed by atoms with Crippen LogP contribution in [0.3, 0.4) is 0 Å². The molecular formula is C13H20O2. The van der Waals surface area contributed by atoms with Crippen molar-refractivity contribution in [3.05, 3.63) is 29.3 Å².